The van der Waals surface area contributed by atoms with Gasteiger partial charge in [0.15, 0.2) is 0 Å². The van der Waals surface area contributed by atoms with E-state index in [1.165, 1.54) is 0 Å². The van der Waals surface area contributed by atoms with Crippen molar-refractivity contribution in [3.8, 4) is 0 Å². The van der Waals surface area contributed by atoms with E-state index in [9.17, 15) is 23.3 Å². The van der Waals surface area contributed by atoms with E-state index in [2.05, 4.69) is 5.32 Å². The van der Waals surface area contributed by atoms with Gasteiger partial charge in [0, 0.05) is 19.2 Å². The highest BCUT2D eigenvalue weighted by molar-refractivity contribution is 6.31. The third kappa shape index (κ3) is 3.76. The predicted octanol–water partition coefficient (Wildman–Crippen LogP) is 3.86. The fourth-order valence-corrected chi connectivity index (χ4v) is 2.37. The Labute approximate surface area is 123 Å². The van der Waals surface area contributed by atoms with E-state index in [-0.39, 0.29) is 18.3 Å². The van der Waals surface area contributed by atoms with Crippen molar-refractivity contribution in [1.82, 2.24) is 0 Å². The highest BCUT2D eigenvalue weighted by Crippen LogP contribution is 2.40. The van der Waals surface area contributed by atoms with Crippen molar-refractivity contribution in [3.05, 3.63) is 32.8 Å². The number of hydrogen-bond donors (Lipinski definition) is 1. The Morgan fingerprint density at radius 3 is 2.71 bits per heavy atom. The predicted molar refractivity (Wildman–Crippen MR) is 70.6 cm³/mol. The highest BCUT2D eigenvalue weighted by atomic mass is 35.5. The number of nitrogens with one attached hydrogen (secondary N) is 1. The summed E-state index contributed by atoms with van der Waals surface area (Å²) in [6, 6.07) is 1.37. The molecule has 1 N–H and O–H groups in total. The van der Waals surface area contributed by atoms with Crippen LogP contribution in [-0.2, 0) is 10.9 Å². The molecule has 9 heteroatoms. The zero-order chi connectivity index (χ0) is 15.6. The van der Waals surface area contributed by atoms with Gasteiger partial charge in [-0.15, -0.1) is 0 Å². The van der Waals surface area contributed by atoms with Gasteiger partial charge in [0.05, 0.1) is 21.6 Å². The van der Waals surface area contributed by atoms with E-state index in [0.717, 1.165) is 18.9 Å². The zero-order valence-corrected chi connectivity index (χ0v) is 11.5. The Balaban J connectivity index is 2.27. The smallest absolute Gasteiger partial charge is 0.377 e. The summed E-state index contributed by atoms with van der Waals surface area (Å²) in [4.78, 5) is 10.1. The molecule has 0 saturated carbocycles. The van der Waals surface area contributed by atoms with Crippen LogP contribution < -0.4 is 5.32 Å². The second kappa shape index (κ2) is 6.07. The van der Waals surface area contributed by atoms with E-state index < -0.39 is 27.4 Å². The molecule has 0 spiro atoms. The molecule has 5 nitrogen and oxygen atoms in total. The van der Waals surface area contributed by atoms with Gasteiger partial charge in [-0.2, -0.15) is 13.2 Å². The van der Waals surface area contributed by atoms with Crippen LogP contribution in [0, 0.1) is 10.1 Å². The number of nitro benzene ring substituents is 1. The molecule has 21 heavy (non-hydrogen) atoms. The van der Waals surface area contributed by atoms with Crippen LogP contribution in [0.25, 0.3) is 0 Å². The van der Waals surface area contributed by atoms with E-state index >= 15 is 0 Å². The van der Waals surface area contributed by atoms with Crippen molar-refractivity contribution < 1.29 is 22.8 Å². The molecule has 1 heterocycles. The molecule has 2 rings (SSSR count). The molecule has 1 fully saturated rings. The first kappa shape index (κ1) is 15.8. The maximum atomic E-state index is 12.7. The molecule has 1 atom stereocenters. The number of halogens is 4. The average Bonchev–Trinajstić information content (AvgIpc) is 2.87. The molecular formula is C12H12ClF3N2O3. The molecular weight excluding hydrogens is 313 g/mol. The van der Waals surface area contributed by atoms with Gasteiger partial charge in [-0.25, -0.2) is 0 Å². The van der Waals surface area contributed by atoms with Crippen LogP contribution in [0.15, 0.2) is 12.1 Å². The fraction of sp³-hybridized carbons (Fsp3) is 0.500. The summed E-state index contributed by atoms with van der Waals surface area (Å²) < 4.78 is 43.5. The molecule has 0 bridgehead atoms. The Morgan fingerprint density at radius 2 is 2.19 bits per heavy atom. The van der Waals surface area contributed by atoms with E-state index in [1.807, 2.05) is 0 Å². The van der Waals surface area contributed by atoms with Crippen molar-refractivity contribution in [2.24, 2.45) is 0 Å². The van der Waals surface area contributed by atoms with Crippen LogP contribution in [0.4, 0.5) is 24.5 Å². The molecule has 1 aliphatic heterocycles. The summed E-state index contributed by atoms with van der Waals surface area (Å²) in [7, 11) is 0. The number of anilines is 1. The molecule has 1 aromatic rings. The lowest BCUT2D eigenvalue weighted by Crippen LogP contribution is -2.19. The quantitative estimate of drug-likeness (QED) is 0.674. The minimum Gasteiger partial charge on any atom is -0.377 e. The SMILES string of the molecule is O=[N+]([O-])c1cc(C(F)(F)F)c(Cl)cc1NCC1CCCO1. The van der Waals surface area contributed by atoms with Gasteiger partial charge in [0.25, 0.3) is 5.69 Å². The van der Waals surface area contributed by atoms with Gasteiger partial charge in [-0.05, 0) is 18.9 Å². The Morgan fingerprint density at radius 1 is 1.48 bits per heavy atom. The maximum absolute atomic E-state index is 12.7. The number of ether oxygens (including phenoxy) is 1. The second-order valence-corrected chi connectivity index (χ2v) is 5.03. The monoisotopic (exact) mass is 324 g/mol. The third-order valence-corrected chi connectivity index (χ3v) is 3.44. The third-order valence-electron chi connectivity index (χ3n) is 3.13. The van der Waals surface area contributed by atoms with Gasteiger partial charge in [0.2, 0.25) is 0 Å². The largest absolute Gasteiger partial charge is 0.418 e. The first-order valence-electron chi connectivity index (χ1n) is 6.19. The highest BCUT2D eigenvalue weighted by Gasteiger charge is 2.36. The van der Waals surface area contributed by atoms with E-state index in [0.29, 0.717) is 12.7 Å². The normalized spacial score (nSPS) is 18.8. The van der Waals surface area contributed by atoms with Crippen LogP contribution in [0.5, 0.6) is 0 Å². The van der Waals surface area contributed by atoms with Gasteiger partial charge < -0.3 is 10.1 Å². The van der Waals surface area contributed by atoms with Crippen LogP contribution in [0.1, 0.15) is 18.4 Å². The molecule has 1 unspecified atom stereocenters. The molecule has 0 radical (unpaired) electrons. The van der Waals surface area contributed by atoms with Crippen molar-refractivity contribution in [3.63, 3.8) is 0 Å². The number of nitrogens with zero attached hydrogens (tertiary/aromatic N) is 1. The lowest BCUT2D eigenvalue weighted by Gasteiger charge is -2.14. The number of rotatable bonds is 4. The summed E-state index contributed by atoms with van der Waals surface area (Å²) in [6.45, 7) is 0.894. The van der Waals surface area contributed by atoms with Crippen LogP contribution >= 0.6 is 11.6 Å². The molecule has 1 aliphatic rings. The van der Waals surface area contributed by atoms with Crippen LogP contribution in [0.2, 0.25) is 5.02 Å². The molecule has 0 amide bonds. The summed E-state index contributed by atoms with van der Waals surface area (Å²) in [5, 5.41) is 13.1. The van der Waals surface area contributed by atoms with Crippen molar-refractivity contribution >= 4 is 23.0 Å². The minimum absolute atomic E-state index is 0.0477. The van der Waals surface area contributed by atoms with E-state index in [4.69, 9.17) is 16.3 Å². The molecule has 1 saturated heterocycles. The first-order chi connectivity index (χ1) is 9.79. The summed E-state index contributed by atoms with van der Waals surface area (Å²) in [6.07, 6.45) is -3.16. The standard InChI is InChI=1S/C12H12ClF3N2O3/c13-9-5-10(17-6-7-2-1-3-21-7)11(18(19)20)4-8(9)12(14,15)16/h4-5,7,17H,1-3,6H2. The Hall–Kier alpha value is -1.54. The second-order valence-electron chi connectivity index (χ2n) is 4.62. The average molecular weight is 325 g/mol. The van der Waals surface area contributed by atoms with Crippen molar-refractivity contribution in [2.45, 2.75) is 25.1 Å². The Bertz CT molecular complexity index is 545. The first-order valence-corrected chi connectivity index (χ1v) is 6.57. The summed E-state index contributed by atoms with van der Waals surface area (Å²) in [5.41, 5.74) is -1.93. The van der Waals surface area contributed by atoms with Crippen molar-refractivity contribution in [2.75, 3.05) is 18.5 Å². The van der Waals surface area contributed by atoms with Crippen molar-refractivity contribution in [1.29, 1.82) is 0 Å². The maximum Gasteiger partial charge on any atom is 0.418 e. The summed E-state index contributed by atoms with van der Waals surface area (Å²) in [5.74, 6) is 0. The van der Waals surface area contributed by atoms with Gasteiger partial charge >= 0.3 is 6.18 Å². The molecule has 116 valence electrons. The molecule has 1 aromatic carbocycles. The number of alkyl halides is 3. The Kier molecular flexibility index (Phi) is 4.58. The minimum atomic E-state index is -4.74. The van der Waals surface area contributed by atoms with Gasteiger partial charge in [-0.1, -0.05) is 11.6 Å². The van der Waals surface area contributed by atoms with Crippen LogP contribution in [0.3, 0.4) is 0 Å². The fourth-order valence-electron chi connectivity index (χ4n) is 2.10. The zero-order valence-electron chi connectivity index (χ0n) is 10.7. The topological polar surface area (TPSA) is 64.4 Å². The van der Waals surface area contributed by atoms with E-state index in [1.54, 1.807) is 0 Å². The van der Waals surface area contributed by atoms with Gasteiger partial charge in [0.1, 0.15) is 5.69 Å². The number of hydrogen-bond acceptors (Lipinski definition) is 4. The van der Waals surface area contributed by atoms with Gasteiger partial charge in [-0.3, -0.25) is 10.1 Å². The molecule has 0 aliphatic carbocycles. The van der Waals surface area contributed by atoms with Crippen LogP contribution in [-0.4, -0.2) is 24.2 Å². The summed E-state index contributed by atoms with van der Waals surface area (Å²) >= 11 is 5.57. The number of benzene rings is 1. The lowest BCUT2D eigenvalue weighted by molar-refractivity contribution is -0.384. The lowest BCUT2D eigenvalue weighted by atomic mass is 10.1. The molecule has 0 aromatic heterocycles. The number of nitro groups is 1.